The number of ether oxygens (including phenoxy) is 2. The van der Waals surface area contributed by atoms with Crippen molar-refractivity contribution in [3.05, 3.63) is 23.8 Å². The first-order valence-electron chi connectivity index (χ1n) is 7.91. The summed E-state index contributed by atoms with van der Waals surface area (Å²) in [6, 6.07) is 5.75. The van der Waals surface area contributed by atoms with Crippen LogP contribution in [0.2, 0.25) is 0 Å². The molecule has 0 saturated heterocycles. The minimum atomic E-state index is -0.321. The molecule has 120 valence electrons. The van der Waals surface area contributed by atoms with Crippen molar-refractivity contribution < 1.29 is 14.6 Å². The summed E-state index contributed by atoms with van der Waals surface area (Å²) in [5, 5.41) is 10.2. The van der Waals surface area contributed by atoms with Gasteiger partial charge in [0.25, 0.3) is 0 Å². The van der Waals surface area contributed by atoms with Crippen molar-refractivity contribution in [2.24, 2.45) is 11.8 Å². The van der Waals surface area contributed by atoms with Crippen LogP contribution >= 0.6 is 0 Å². The van der Waals surface area contributed by atoms with Gasteiger partial charge < -0.3 is 14.6 Å². The number of benzene rings is 1. The third kappa shape index (κ3) is 5.24. The summed E-state index contributed by atoms with van der Waals surface area (Å²) in [4.78, 5) is 0. The molecule has 2 unspecified atom stereocenters. The Labute approximate surface area is 129 Å². The van der Waals surface area contributed by atoms with E-state index in [1.807, 2.05) is 19.1 Å². The first-order chi connectivity index (χ1) is 9.88. The Morgan fingerprint density at radius 1 is 1.14 bits per heavy atom. The molecule has 1 aromatic rings. The Bertz CT molecular complexity index is 422. The highest BCUT2D eigenvalue weighted by Gasteiger charge is 2.19. The fourth-order valence-corrected chi connectivity index (χ4v) is 2.61. The van der Waals surface area contributed by atoms with Crippen LogP contribution in [0.4, 0.5) is 0 Å². The zero-order valence-corrected chi connectivity index (χ0v) is 14.2. The van der Waals surface area contributed by atoms with Gasteiger partial charge in [0.15, 0.2) is 17.8 Å². The molecule has 0 saturated carbocycles. The van der Waals surface area contributed by atoms with E-state index >= 15 is 0 Å². The second-order valence-electron chi connectivity index (χ2n) is 6.40. The molecule has 0 heterocycles. The first kappa shape index (κ1) is 17.8. The SMILES string of the molecule is CCC(OC)Oc1ccc(C(CC(C)C)C(C)C)cc1O. The quantitative estimate of drug-likeness (QED) is 0.690. The maximum atomic E-state index is 10.2. The van der Waals surface area contributed by atoms with Gasteiger partial charge in [0.1, 0.15) is 0 Å². The minimum Gasteiger partial charge on any atom is -0.504 e. The number of rotatable bonds is 8. The maximum Gasteiger partial charge on any atom is 0.199 e. The molecule has 0 aromatic heterocycles. The van der Waals surface area contributed by atoms with Crippen molar-refractivity contribution in [1.29, 1.82) is 0 Å². The highest BCUT2D eigenvalue weighted by atomic mass is 16.7. The fourth-order valence-electron chi connectivity index (χ4n) is 2.61. The van der Waals surface area contributed by atoms with E-state index in [4.69, 9.17) is 9.47 Å². The van der Waals surface area contributed by atoms with E-state index < -0.39 is 0 Å². The lowest BCUT2D eigenvalue weighted by atomic mass is 9.82. The molecule has 0 radical (unpaired) electrons. The monoisotopic (exact) mass is 294 g/mol. The van der Waals surface area contributed by atoms with Gasteiger partial charge in [-0.2, -0.15) is 0 Å². The number of phenols is 1. The Balaban J connectivity index is 2.94. The lowest BCUT2D eigenvalue weighted by molar-refractivity contribution is -0.0560. The molecule has 3 heteroatoms. The van der Waals surface area contributed by atoms with Crippen LogP contribution in [0.3, 0.4) is 0 Å². The van der Waals surface area contributed by atoms with E-state index in [1.54, 1.807) is 7.11 Å². The lowest BCUT2D eigenvalue weighted by Crippen LogP contribution is -2.17. The third-order valence-corrected chi connectivity index (χ3v) is 3.80. The van der Waals surface area contributed by atoms with Crippen LogP contribution in [0.5, 0.6) is 11.5 Å². The van der Waals surface area contributed by atoms with E-state index in [0.717, 1.165) is 12.8 Å². The molecule has 0 fully saturated rings. The lowest BCUT2D eigenvalue weighted by Gasteiger charge is -2.24. The van der Waals surface area contributed by atoms with Crippen LogP contribution in [-0.4, -0.2) is 18.5 Å². The Morgan fingerprint density at radius 2 is 1.81 bits per heavy atom. The summed E-state index contributed by atoms with van der Waals surface area (Å²) in [5.74, 6) is 2.31. The maximum absolute atomic E-state index is 10.2. The average molecular weight is 294 g/mol. The van der Waals surface area contributed by atoms with Crippen LogP contribution < -0.4 is 4.74 Å². The molecular formula is C18H30O3. The topological polar surface area (TPSA) is 38.7 Å². The Hall–Kier alpha value is -1.22. The molecule has 1 rings (SSSR count). The molecule has 1 aromatic carbocycles. The van der Waals surface area contributed by atoms with Crippen LogP contribution in [0, 0.1) is 11.8 Å². The zero-order chi connectivity index (χ0) is 16.0. The van der Waals surface area contributed by atoms with Gasteiger partial charge in [0.2, 0.25) is 0 Å². The van der Waals surface area contributed by atoms with E-state index in [0.29, 0.717) is 23.5 Å². The third-order valence-electron chi connectivity index (χ3n) is 3.80. The number of hydrogen-bond donors (Lipinski definition) is 1. The fraction of sp³-hybridized carbons (Fsp3) is 0.667. The molecule has 0 aliphatic carbocycles. The molecular weight excluding hydrogens is 264 g/mol. The molecule has 0 aliphatic heterocycles. The summed E-state index contributed by atoms with van der Waals surface area (Å²) < 4.78 is 10.8. The van der Waals surface area contributed by atoms with Gasteiger partial charge in [-0.25, -0.2) is 0 Å². The summed E-state index contributed by atoms with van der Waals surface area (Å²) in [6.07, 6.45) is 1.53. The predicted octanol–water partition coefficient (Wildman–Crippen LogP) is 4.94. The van der Waals surface area contributed by atoms with Crippen LogP contribution in [0.15, 0.2) is 18.2 Å². The molecule has 0 amide bonds. The molecule has 1 N–H and O–H groups in total. The first-order valence-corrected chi connectivity index (χ1v) is 7.91. The van der Waals surface area contributed by atoms with Gasteiger partial charge >= 0.3 is 0 Å². The number of hydrogen-bond acceptors (Lipinski definition) is 3. The van der Waals surface area contributed by atoms with Crippen LogP contribution in [0.25, 0.3) is 0 Å². The zero-order valence-electron chi connectivity index (χ0n) is 14.2. The van der Waals surface area contributed by atoms with Crippen molar-refractivity contribution in [2.45, 2.75) is 59.7 Å². The van der Waals surface area contributed by atoms with Gasteiger partial charge in [-0.15, -0.1) is 0 Å². The highest BCUT2D eigenvalue weighted by Crippen LogP contribution is 2.36. The Kier molecular flexibility index (Phi) is 7.03. The van der Waals surface area contributed by atoms with E-state index in [9.17, 15) is 5.11 Å². The van der Waals surface area contributed by atoms with Crippen molar-refractivity contribution in [3.63, 3.8) is 0 Å². The van der Waals surface area contributed by atoms with Crippen molar-refractivity contribution in [3.8, 4) is 11.5 Å². The van der Waals surface area contributed by atoms with Crippen molar-refractivity contribution in [1.82, 2.24) is 0 Å². The summed E-state index contributed by atoms with van der Waals surface area (Å²) in [6.45, 7) is 10.9. The molecule has 2 atom stereocenters. The van der Waals surface area contributed by atoms with Gasteiger partial charge in [0.05, 0.1) is 0 Å². The van der Waals surface area contributed by atoms with Crippen molar-refractivity contribution >= 4 is 0 Å². The number of phenolic OH excluding ortho intramolecular Hbond substituents is 1. The van der Waals surface area contributed by atoms with Gasteiger partial charge in [-0.3, -0.25) is 0 Å². The van der Waals surface area contributed by atoms with E-state index in [1.165, 1.54) is 5.56 Å². The smallest absolute Gasteiger partial charge is 0.199 e. The van der Waals surface area contributed by atoms with Crippen LogP contribution in [0.1, 0.15) is 58.9 Å². The molecule has 0 spiro atoms. The normalized spacial score (nSPS) is 14.5. The van der Waals surface area contributed by atoms with Crippen molar-refractivity contribution in [2.75, 3.05) is 7.11 Å². The predicted molar refractivity (Wildman–Crippen MR) is 86.9 cm³/mol. The van der Waals surface area contributed by atoms with E-state index in [2.05, 4.69) is 33.8 Å². The van der Waals surface area contributed by atoms with Gasteiger partial charge in [-0.05, 0) is 41.9 Å². The minimum absolute atomic E-state index is 0.192. The molecule has 0 bridgehead atoms. The number of methoxy groups -OCH3 is 1. The molecule has 0 aliphatic rings. The average Bonchev–Trinajstić information content (AvgIpc) is 2.43. The Morgan fingerprint density at radius 3 is 2.24 bits per heavy atom. The molecule has 3 nitrogen and oxygen atoms in total. The largest absolute Gasteiger partial charge is 0.504 e. The molecule has 21 heavy (non-hydrogen) atoms. The second kappa shape index (κ2) is 8.28. The summed E-state index contributed by atoms with van der Waals surface area (Å²) in [7, 11) is 1.61. The second-order valence-corrected chi connectivity index (χ2v) is 6.40. The van der Waals surface area contributed by atoms with Crippen LogP contribution in [-0.2, 0) is 4.74 Å². The highest BCUT2D eigenvalue weighted by molar-refractivity contribution is 5.43. The van der Waals surface area contributed by atoms with E-state index in [-0.39, 0.29) is 12.0 Å². The van der Waals surface area contributed by atoms with Gasteiger partial charge in [0, 0.05) is 13.5 Å². The number of aromatic hydroxyl groups is 1. The standard InChI is InChI=1S/C18H30O3/c1-7-18(20-6)21-17-9-8-14(11-16(17)19)15(13(4)5)10-12(2)3/h8-9,11-13,15,18-19H,7,10H2,1-6H3. The summed E-state index contributed by atoms with van der Waals surface area (Å²) in [5.41, 5.74) is 1.18. The van der Waals surface area contributed by atoms with Gasteiger partial charge in [-0.1, -0.05) is 40.7 Å². The summed E-state index contributed by atoms with van der Waals surface area (Å²) >= 11 is 0.